The quantitative estimate of drug-likeness (QED) is 0.678. The predicted molar refractivity (Wildman–Crippen MR) is 70.2 cm³/mol. The van der Waals surface area contributed by atoms with Crippen LogP contribution in [0.15, 0.2) is 30.7 Å². The van der Waals surface area contributed by atoms with E-state index in [4.69, 9.17) is 5.73 Å². The highest BCUT2D eigenvalue weighted by Crippen LogP contribution is 2.15. The van der Waals surface area contributed by atoms with Gasteiger partial charge in [-0.25, -0.2) is 19.4 Å². The molecule has 2 N–H and O–H groups in total. The molecule has 0 unspecified atom stereocenters. The molecule has 0 spiro atoms. The van der Waals surface area contributed by atoms with Gasteiger partial charge in [0.15, 0.2) is 17.2 Å². The Hall–Kier alpha value is -3.03. The minimum atomic E-state index is -0.596. The van der Waals surface area contributed by atoms with E-state index in [0.717, 1.165) is 0 Å². The number of hydrogen-bond donors (Lipinski definition) is 1. The first-order valence-corrected chi connectivity index (χ1v) is 5.70. The third-order valence-electron chi connectivity index (χ3n) is 2.67. The van der Waals surface area contributed by atoms with Crippen LogP contribution in [-0.4, -0.2) is 37.8 Å². The first kappa shape index (κ1) is 12.0. The molecule has 0 amide bonds. The van der Waals surface area contributed by atoms with Gasteiger partial charge < -0.3 is 10.5 Å². The summed E-state index contributed by atoms with van der Waals surface area (Å²) in [7, 11) is 1.27. The van der Waals surface area contributed by atoms with Gasteiger partial charge in [-0.15, -0.1) is 0 Å². The Labute approximate surface area is 113 Å². The molecule has 100 valence electrons. The summed E-state index contributed by atoms with van der Waals surface area (Å²) in [5, 5.41) is 4.06. The highest BCUT2D eigenvalue weighted by Gasteiger charge is 2.16. The fourth-order valence-corrected chi connectivity index (χ4v) is 1.73. The molecule has 0 aliphatic carbocycles. The lowest BCUT2D eigenvalue weighted by molar-refractivity contribution is 0.0594. The zero-order chi connectivity index (χ0) is 14.1. The van der Waals surface area contributed by atoms with Crippen molar-refractivity contribution in [2.75, 3.05) is 12.8 Å². The maximum absolute atomic E-state index is 11.5. The van der Waals surface area contributed by atoms with E-state index >= 15 is 0 Å². The number of aromatic nitrogens is 5. The lowest BCUT2D eigenvalue weighted by Crippen LogP contribution is -2.06. The lowest BCUT2D eigenvalue weighted by Gasteiger charge is -2.01. The Morgan fingerprint density at radius 3 is 2.90 bits per heavy atom. The average Bonchev–Trinajstić information content (AvgIpc) is 2.88. The summed E-state index contributed by atoms with van der Waals surface area (Å²) in [6.07, 6.45) is 4.64. The van der Waals surface area contributed by atoms with E-state index in [1.165, 1.54) is 18.0 Å². The predicted octanol–water partition coefficient (Wildman–Crippen LogP) is 0.579. The van der Waals surface area contributed by atoms with Crippen LogP contribution in [0.5, 0.6) is 0 Å². The monoisotopic (exact) mass is 270 g/mol. The van der Waals surface area contributed by atoms with Crippen LogP contribution in [0.2, 0.25) is 0 Å². The zero-order valence-corrected chi connectivity index (χ0v) is 10.5. The number of pyridine rings is 1. The van der Waals surface area contributed by atoms with Crippen LogP contribution >= 0.6 is 0 Å². The Balaban J connectivity index is 2.09. The van der Waals surface area contributed by atoms with Gasteiger partial charge in [0, 0.05) is 12.4 Å². The minimum absolute atomic E-state index is 0.0496. The lowest BCUT2D eigenvalue weighted by atomic mass is 10.4. The van der Waals surface area contributed by atoms with Crippen LogP contribution < -0.4 is 5.73 Å². The van der Waals surface area contributed by atoms with E-state index < -0.39 is 5.97 Å². The van der Waals surface area contributed by atoms with E-state index in [1.807, 2.05) is 0 Å². The molecule has 20 heavy (non-hydrogen) atoms. The van der Waals surface area contributed by atoms with Gasteiger partial charge in [0.05, 0.1) is 19.0 Å². The fraction of sp³-hybridized carbons (Fsp3) is 0.0833. The van der Waals surface area contributed by atoms with Crippen LogP contribution in [-0.2, 0) is 4.74 Å². The Kier molecular flexibility index (Phi) is 2.75. The number of carbonyl (C=O) groups is 1. The Morgan fingerprint density at radius 1 is 1.30 bits per heavy atom. The second kappa shape index (κ2) is 4.57. The molecule has 8 nitrogen and oxygen atoms in total. The molecule has 0 radical (unpaired) electrons. The van der Waals surface area contributed by atoms with Gasteiger partial charge in [0.25, 0.3) is 0 Å². The van der Waals surface area contributed by atoms with Crippen LogP contribution in [0.3, 0.4) is 0 Å². The highest BCUT2D eigenvalue weighted by molar-refractivity contribution is 5.92. The first-order chi connectivity index (χ1) is 9.69. The molecule has 3 heterocycles. The molecule has 0 aliphatic rings. The number of ether oxygens (including phenoxy) is 1. The van der Waals surface area contributed by atoms with E-state index in [1.54, 1.807) is 24.5 Å². The molecular weight excluding hydrogens is 260 g/mol. The van der Waals surface area contributed by atoms with Gasteiger partial charge in [-0.3, -0.25) is 4.98 Å². The number of nitrogens with zero attached hydrogens (tertiary/aromatic N) is 5. The number of nitrogens with two attached hydrogens (primary N) is 1. The second-order valence-electron chi connectivity index (χ2n) is 3.94. The van der Waals surface area contributed by atoms with Gasteiger partial charge in [0.1, 0.15) is 5.52 Å². The normalized spacial score (nSPS) is 10.7. The van der Waals surface area contributed by atoms with Crippen molar-refractivity contribution in [3.8, 4) is 5.82 Å². The number of fused-ring (bicyclic) bond motifs is 1. The van der Waals surface area contributed by atoms with E-state index in [2.05, 4.69) is 24.8 Å². The summed E-state index contributed by atoms with van der Waals surface area (Å²) in [6.45, 7) is 0. The molecule has 0 atom stereocenters. The molecule has 0 saturated carbocycles. The molecule has 3 rings (SSSR count). The van der Waals surface area contributed by atoms with Crippen molar-refractivity contribution in [1.82, 2.24) is 24.7 Å². The molecule has 0 aromatic carbocycles. The summed E-state index contributed by atoms with van der Waals surface area (Å²) < 4.78 is 6.00. The third kappa shape index (κ3) is 1.92. The molecular formula is C12H10N6O2. The standard InChI is InChI=1S/C12H10N6O2/c1-20-12(19)10-7(13)6-18(17-10)9-3-2-8-11(16-9)15-5-4-14-8/h2-6H,13H2,1H3. The molecule has 8 heteroatoms. The number of rotatable bonds is 2. The number of anilines is 1. The van der Waals surface area contributed by atoms with Gasteiger partial charge in [-0.1, -0.05) is 0 Å². The number of esters is 1. The van der Waals surface area contributed by atoms with Crippen molar-refractivity contribution in [2.24, 2.45) is 0 Å². The van der Waals surface area contributed by atoms with Crippen LogP contribution in [0.4, 0.5) is 5.69 Å². The van der Waals surface area contributed by atoms with Crippen molar-refractivity contribution in [3.63, 3.8) is 0 Å². The summed E-state index contributed by atoms with van der Waals surface area (Å²) in [6, 6.07) is 3.48. The molecule has 0 saturated heterocycles. The largest absolute Gasteiger partial charge is 0.464 e. The summed E-state index contributed by atoms with van der Waals surface area (Å²) in [5.74, 6) is -0.110. The van der Waals surface area contributed by atoms with E-state index in [9.17, 15) is 4.79 Å². The Morgan fingerprint density at radius 2 is 2.10 bits per heavy atom. The maximum Gasteiger partial charge on any atom is 0.360 e. The Bertz CT molecular complexity index is 797. The summed E-state index contributed by atoms with van der Waals surface area (Å²) in [5.41, 5.74) is 7.15. The van der Waals surface area contributed by atoms with Crippen LogP contribution in [0, 0.1) is 0 Å². The highest BCUT2D eigenvalue weighted by atomic mass is 16.5. The molecule has 0 aliphatic heterocycles. The maximum atomic E-state index is 11.5. The molecule has 3 aromatic heterocycles. The fourth-order valence-electron chi connectivity index (χ4n) is 1.73. The van der Waals surface area contributed by atoms with Crippen LogP contribution in [0.1, 0.15) is 10.5 Å². The van der Waals surface area contributed by atoms with E-state index in [0.29, 0.717) is 17.0 Å². The van der Waals surface area contributed by atoms with Gasteiger partial charge >= 0.3 is 5.97 Å². The van der Waals surface area contributed by atoms with Gasteiger partial charge in [-0.05, 0) is 12.1 Å². The minimum Gasteiger partial charge on any atom is -0.464 e. The molecule has 3 aromatic rings. The molecule has 0 fully saturated rings. The number of carbonyl (C=O) groups excluding carboxylic acids is 1. The van der Waals surface area contributed by atoms with Gasteiger partial charge in [0.2, 0.25) is 0 Å². The van der Waals surface area contributed by atoms with E-state index in [-0.39, 0.29) is 11.4 Å². The topological polar surface area (TPSA) is 109 Å². The zero-order valence-electron chi connectivity index (χ0n) is 10.5. The smallest absolute Gasteiger partial charge is 0.360 e. The second-order valence-corrected chi connectivity index (χ2v) is 3.94. The average molecular weight is 270 g/mol. The van der Waals surface area contributed by atoms with Crippen molar-refractivity contribution in [2.45, 2.75) is 0 Å². The van der Waals surface area contributed by atoms with Crippen molar-refractivity contribution < 1.29 is 9.53 Å². The summed E-state index contributed by atoms with van der Waals surface area (Å²) in [4.78, 5) is 24.0. The number of hydrogen-bond acceptors (Lipinski definition) is 7. The van der Waals surface area contributed by atoms with Crippen molar-refractivity contribution in [3.05, 3.63) is 36.4 Å². The SMILES string of the molecule is COC(=O)c1nn(-c2ccc3nccnc3n2)cc1N. The number of nitrogen functional groups attached to an aromatic ring is 1. The van der Waals surface area contributed by atoms with Crippen molar-refractivity contribution >= 4 is 22.8 Å². The molecule has 0 bridgehead atoms. The number of methoxy groups -OCH3 is 1. The van der Waals surface area contributed by atoms with Crippen molar-refractivity contribution in [1.29, 1.82) is 0 Å². The van der Waals surface area contributed by atoms with Gasteiger partial charge in [-0.2, -0.15) is 5.10 Å². The van der Waals surface area contributed by atoms with Crippen LogP contribution in [0.25, 0.3) is 17.0 Å². The first-order valence-electron chi connectivity index (χ1n) is 5.70. The summed E-state index contributed by atoms with van der Waals surface area (Å²) >= 11 is 0. The third-order valence-corrected chi connectivity index (χ3v) is 2.67.